The molecule has 0 aliphatic heterocycles. The Bertz CT molecular complexity index is 468. The van der Waals surface area contributed by atoms with Crippen LogP contribution >= 0.6 is 15.9 Å². The summed E-state index contributed by atoms with van der Waals surface area (Å²) in [6.07, 6.45) is 4.02. The highest BCUT2D eigenvalue weighted by molar-refractivity contribution is 9.09. The van der Waals surface area contributed by atoms with Gasteiger partial charge in [0.1, 0.15) is 9.84 Å². The third-order valence-electron chi connectivity index (χ3n) is 3.12. The van der Waals surface area contributed by atoms with E-state index in [4.69, 9.17) is 0 Å². The fourth-order valence-corrected chi connectivity index (χ4v) is 3.26. The number of rotatable bonds is 7. The molecule has 0 aromatic heterocycles. The number of sulfone groups is 1. The van der Waals surface area contributed by atoms with E-state index in [2.05, 4.69) is 41.1 Å². The van der Waals surface area contributed by atoms with E-state index in [0.29, 0.717) is 11.7 Å². The number of aryl methyl sites for hydroxylation is 1. The number of halogens is 1. The summed E-state index contributed by atoms with van der Waals surface area (Å²) in [7, 11) is -2.82. The number of hydrogen-bond donors (Lipinski definition) is 0. The number of benzene rings is 1. The molecule has 1 rings (SSSR count). The molecule has 102 valence electrons. The van der Waals surface area contributed by atoms with Gasteiger partial charge in [-0.3, -0.25) is 0 Å². The molecule has 2 nitrogen and oxygen atoms in total. The molecule has 1 aromatic rings. The van der Waals surface area contributed by atoms with Crippen LogP contribution in [-0.2, 0) is 16.3 Å². The zero-order valence-electron chi connectivity index (χ0n) is 11.0. The topological polar surface area (TPSA) is 34.1 Å². The van der Waals surface area contributed by atoms with Crippen LogP contribution in [0.2, 0.25) is 0 Å². The summed E-state index contributed by atoms with van der Waals surface area (Å²) in [5.74, 6) is 0.803. The number of hydrogen-bond acceptors (Lipinski definition) is 2. The first-order valence-electron chi connectivity index (χ1n) is 6.20. The minimum atomic E-state index is -2.82. The van der Waals surface area contributed by atoms with Crippen molar-refractivity contribution >= 4 is 25.8 Å². The first kappa shape index (κ1) is 15.7. The van der Waals surface area contributed by atoms with Crippen LogP contribution in [0.25, 0.3) is 0 Å². The molecule has 0 saturated carbocycles. The molecule has 1 aromatic carbocycles. The van der Waals surface area contributed by atoms with Crippen LogP contribution in [0.3, 0.4) is 0 Å². The lowest BCUT2D eigenvalue weighted by Gasteiger charge is -2.15. The summed E-state index contributed by atoms with van der Waals surface area (Å²) >= 11 is 3.53. The molecule has 1 unspecified atom stereocenters. The Morgan fingerprint density at radius 2 is 1.94 bits per heavy atom. The van der Waals surface area contributed by atoms with Crippen LogP contribution in [-0.4, -0.2) is 25.8 Å². The lowest BCUT2D eigenvalue weighted by atomic mass is 9.94. The molecule has 0 saturated heterocycles. The van der Waals surface area contributed by atoms with Gasteiger partial charge in [-0.1, -0.05) is 40.2 Å². The van der Waals surface area contributed by atoms with E-state index in [9.17, 15) is 8.42 Å². The largest absolute Gasteiger partial charge is 0.229 e. The Hall–Kier alpha value is -0.350. The van der Waals surface area contributed by atoms with Crippen molar-refractivity contribution in [2.45, 2.75) is 26.2 Å². The van der Waals surface area contributed by atoms with Gasteiger partial charge in [0.25, 0.3) is 0 Å². The Kier molecular flexibility index (Phi) is 6.36. The van der Waals surface area contributed by atoms with E-state index in [0.717, 1.165) is 24.6 Å². The second-order valence-electron chi connectivity index (χ2n) is 4.92. The maximum atomic E-state index is 11.1. The van der Waals surface area contributed by atoms with Gasteiger partial charge in [-0.05, 0) is 43.2 Å². The summed E-state index contributed by atoms with van der Waals surface area (Å²) in [4.78, 5) is 0. The molecule has 0 aliphatic carbocycles. The van der Waals surface area contributed by atoms with Gasteiger partial charge in [0.15, 0.2) is 0 Å². The molecular formula is C14H21BrO2S. The summed E-state index contributed by atoms with van der Waals surface area (Å²) in [6, 6.07) is 8.38. The molecule has 0 N–H and O–H groups in total. The molecule has 0 amide bonds. The Morgan fingerprint density at radius 1 is 1.28 bits per heavy atom. The minimum Gasteiger partial charge on any atom is -0.229 e. The van der Waals surface area contributed by atoms with Gasteiger partial charge in [-0.2, -0.15) is 0 Å². The van der Waals surface area contributed by atoms with Crippen molar-refractivity contribution < 1.29 is 8.42 Å². The van der Waals surface area contributed by atoms with E-state index in [1.165, 1.54) is 17.4 Å². The van der Waals surface area contributed by atoms with Crippen molar-refractivity contribution in [2.75, 3.05) is 17.3 Å². The molecule has 0 bridgehead atoms. The van der Waals surface area contributed by atoms with Crippen molar-refractivity contribution in [1.29, 1.82) is 0 Å². The van der Waals surface area contributed by atoms with Crippen LogP contribution in [0, 0.1) is 12.8 Å². The van der Waals surface area contributed by atoms with Gasteiger partial charge in [-0.15, -0.1) is 0 Å². The highest BCUT2D eigenvalue weighted by atomic mass is 79.9. The third-order valence-corrected chi connectivity index (χ3v) is 5.06. The standard InChI is InChI=1S/C14H21BrO2S/c1-12-6-3-4-8-14(12)10-13(11-15)7-5-9-18(2,16)17/h3-4,6,8,13H,5,7,9-11H2,1-2H3. The van der Waals surface area contributed by atoms with Crippen LogP contribution in [0.1, 0.15) is 24.0 Å². The molecule has 0 aliphatic rings. The maximum absolute atomic E-state index is 11.1. The summed E-state index contributed by atoms with van der Waals surface area (Å²) in [5.41, 5.74) is 2.67. The smallest absolute Gasteiger partial charge is 0.147 e. The Labute approximate surface area is 119 Å². The second-order valence-corrected chi connectivity index (χ2v) is 7.83. The van der Waals surface area contributed by atoms with E-state index >= 15 is 0 Å². The predicted octanol–water partition coefficient (Wildman–Crippen LogP) is 3.37. The SMILES string of the molecule is Cc1ccccc1CC(CBr)CCCS(C)(=O)=O. The normalized spacial score (nSPS) is 13.5. The fourth-order valence-electron chi connectivity index (χ4n) is 2.02. The van der Waals surface area contributed by atoms with Gasteiger partial charge in [0.05, 0.1) is 0 Å². The van der Waals surface area contributed by atoms with Crippen LogP contribution in [0.4, 0.5) is 0 Å². The van der Waals surface area contributed by atoms with Crippen molar-refractivity contribution in [3.05, 3.63) is 35.4 Å². The van der Waals surface area contributed by atoms with E-state index < -0.39 is 9.84 Å². The molecular weight excluding hydrogens is 312 g/mol. The number of alkyl halides is 1. The lowest BCUT2D eigenvalue weighted by molar-refractivity contribution is 0.528. The molecule has 0 heterocycles. The molecule has 4 heteroatoms. The van der Waals surface area contributed by atoms with Crippen molar-refractivity contribution in [3.8, 4) is 0 Å². The lowest BCUT2D eigenvalue weighted by Crippen LogP contribution is -2.10. The average Bonchev–Trinajstić information content (AvgIpc) is 2.29. The van der Waals surface area contributed by atoms with Crippen LogP contribution in [0.15, 0.2) is 24.3 Å². The molecule has 18 heavy (non-hydrogen) atoms. The molecule has 0 radical (unpaired) electrons. The van der Waals surface area contributed by atoms with Crippen LogP contribution < -0.4 is 0 Å². The van der Waals surface area contributed by atoms with Crippen molar-refractivity contribution in [3.63, 3.8) is 0 Å². The first-order chi connectivity index (χ1) is 8.42. The van der Waals surface area contributed by atoms with Crippen molar-refractivity contribution in [2.24, 2.45) is 5.92 Å². The van der Waals surface area contributed by atoms with Gasteiger partial charge in [0.2, 0.25) is 0 Å². The zero-order chi connectivity index (χ0) is 13.6. The average molecular weight is 333 g/mol. The monoisotopic (exact) mass is 332 g/mol. The predicted molar refractivity (Wildman–Crippen MR) is 81.1 cm³/mol. The second kappa shape index (κ2) is 7.29. The molecule has 0 fully saturated rings. The third kappa shape index (κ3) is 6.01. The molecule has 0 spiro atoms. The van der Waals surface area contributed by atoms with Crippen molar-refractivity contribution in [1.82, 2.24) is 0 Å². The van der Waals surface area contributed by atoms with Gasteiger partial charge >= 0.3 is 0 Å². The highest BCUT2D eigenvalue weighted by Gasteiger charge is 2.11. The summed E-state index contributed by atoms with van der Waals surface area (Å²) in [5, 5.41) is 0.922. The molecule has 1 atom stereocenters. The van der Waals surface area contributed by atoms with E-state index in [1.807, 2.05) is 6.07 Å². The fraction of sp³-hybridized carbons (Fsp3) is 0.571. The van der Waals surface area contributed by atoms with Gasteiger partial charge in [-0.25, -0.2) is 8.42 Å². The van der Waals surface area contributed by atoms with E-state index in [1.54, 1.807) is 0 Å². The maximum Gasteiger partial charge on any atom is 0.147 e. The quantitative estimate of drug-likeness (QED) is 0.717. The van der Waals surface area contributed by atoms with E-state index in [-0.39, 0.29) is 0 Å². The van der Waals surface area contributed by atoms with Crippen LogP contribution in [0.5, 0.6) is 0 Å². The minimum absolute atomic E-state index is 0.296. The Balaban J connectivity index is 2.50. The highest BCUT2D eigenvalue weighted by Crippen LogP contribution is 2.19. The van der Waals surface area contributed by atoms with Gasteiger partial charge in [0, 0.05) is 17.3 Å². The zero-order valence-corrected chi connectivity index (χ0v) is 13.4. The van der Waals surface area contributed by atoms with Gasteiger partial charge < -0.3 is 0 Å². The summed E-state index contributed by atoms with van der Waals surface area (Å²) < 4.78 is 22.2. The first-order valence-corrected chi connectivity index (χ1v) is 9.39. The Morgan fingerprint density at radius 3 is 2.50 bits per heavy atom. The summed E-state index contributed by atoms with van der Waals surface area (Å²) in [6.45, 7) is 2.12.